The van der Waals surface area contributed by atoms with E-state index in [-0.39, 0.29) is 4.65 Å². The maximum atomic E-state index is 11.3. The molecule has 0 aromatic heterocycles. The van der Waals surface area contributed by atoms with Gasteiger partial charge in [-0.15, -0.1) is 27.8 Å². The predicted molar refractivity (Wildman–Crippen MR) is 72.5 cm³/mol. The predicted octanol–water partition coefficient (Wildman–Crippen LogP) is 2.65. The molecule has 0 aliphatic carbocycles. The smallest absolute Gasteiger partial charge is 0.337 e. The van der Waals surface area contributed by atoms with Gasteiger partial charge in [0.2, 0.25) is 0 Å². The zero-order valence-electron chi connectivity index (χ0n) is 10.1. The van der Waals surface area contributed by atoms with Crippen molar-refractivity contribution in [2.75, 3.05) is 32.0 Å². The van der Waals surface area contributed by atoms with Gasteiger partial charge >= 0.3 is 5.97 Å². The number of hydrogen-bond acceptors (Lipinski definition) is 3. The topological polar surface area (TPSA) is 46.5 Å². The van der Waals surface area contributed by atoms with Crippen molar-refractivity contribution in [2.45, 2.75) is 0 Å². The van der Waals surface area contributed by atoms with E-state index >= 15 is 0 Å². The molecule has 1 N–H and O–H groups in total. The number of benzene rings is 1. The van der Waals surface area contributed by atoms with Crippen molar-refractivity contribution >= 4 is 34.9 Å². The lowest BCUT2D eigenvalue weighted by atomic mass is 10.2. The summed E-state index contributed by atoms with van der Waals surface area (Å²) in [5.74, 6) is 0.213. The number of rotatable bonds is 6. The maximum absolute atomic E-state index is 11.3. The molecule has 6 heteroatoms. The Hall–Kier alpha value is -0.810. The fourth-order valence-corrected chi connectivity index (χ4v) is 2.20. The Bertz CT molecular complexity index is 389. The first-order chi connectivity index (χ1) is 8.57. The molecule has 1 rings (SSSR count). The van der Waals surface area contributed by atoms with Gasteiger partial charge in [0, 0.05) is 12.1 Å². The first-order valence-corrected chi connectivity index (χ1v) is 6.55. The molecule has 0 amide bonds. The zero-order chi connectivity index (χ0) is 13.6. The van der Waals surface area contributed by atoms with Crippen LogP contribution in [0, 0.1) is 0 Å². The Morgan fingerprint density at radius 2 is 1.72 bits per heavy atom. The van der Waals surface area contributed by atoms with Gasteiger partial charge in [-0.25, -0.2) is 10.0 Å². The summed E-state index contributed by atoms with van der Waals surface area (Å²) in [6, 6.07) is 6.55. The Morgan fingerprint density at radius 3 is 2.11 bits per heavy atom. The lowest BCUT2D eigenvalue weighted by Crippen LogP contribution is -2.48. The van der Waals surface area contributed by atoms with Gasteiger partial charge in [-0.05, 0) is 12.1 Å². The summed E-state index contributed by atoms with van der Waals surface area (Å²) in [4.78, 5) is 11.3. The van der Waals surface area contributed by atoms with Gasteiger partial charge in [-0.1, -0.05) is 0 Å². The van der Waals surface area contributed by atoms with Crippen LogP contribution in [0.2, 0.25) is 0 Å². The van der Waals surface area contributed by atoms with Crippen LogP contribution < -0.4 is 4.65 Å². The Kier molecular flexibility index (Phi) is 5.88. The van der Waals surface area contributed by atoms with E-state index in [4.69, 9.17) is 23.2 Å². The Morgan fingerprint density at radius 1 is 1.22 bits per heavy atom. The lowest BCUT2D eigenvalue weighted by molar-refractivity contribution is -0.0694. The van der Waals surface area contributed by atoms with Crippen LogP contribution in [-0.2, 0) is 4.74 Å². The fourth-order valence-electron chi connectivity index (χ4n) is 1.64. The zero-order valence-corrected chi connectivity index (χ0v) is 11.6. The number of hydrogen-bond donors (Lipinski definition) is 1. The third-order valence-corrected chi connectivity index (χ3v) is 3.02. The van der Waals surface area contributed by atoms with Crippen molar-refractivity contribution in [1.29, 1.82) is 0 Å². The highest BCUT2D eigenvalue weighted by Crippen LogP contribution is 2.22. The second kappa shape index (κ2) is 6.95. The molecule has 0 saturated carbocycles. The van der Waals surface area contributed by atoms with Crippen LogP contribution in [0.4, 0.5) is 5.69 Å². The molecule has 1 aromatic rings. The molecule has 0 spiro atoms. The molecule has 0 aliphatic heterocycles. The molecule has 0 radical (unpaired) electrons. The van der Waals surface area contributed by atoms with Crippen molar-refractivity contribution in [3.63, 3.8) is 0 Å². The standard InChI is InChI=1S/C12H16Cl2NO3/c1-18-12(16)10-2-4-11(5-3-10)15(17,8-6-13)9-7-14/h2-5,17H,6-9H2,1H3/q+1. The quantitative estimate of drug-likeness (QED) is 0.379. The molecular formula is C12H16Cl2NO3+. The molecule has 100 valence electrons. The van der Waals surface area contributed by atoms with E-state index < -0.39 is 5.97 Å². The second-order valence-electron chi connectivity index (χ2n) is 3.79. The molecule has 18 heavy (non-hydrogen) atoms. The minimum atomic E-state index is -0.410. The van der Waals surface area contributed by atoms with Crippen molar-refractivity contribution in [3.8, 4) is 0 Å². The average Bonchev–Trinajstić information content (AvgIpc) is 2.38. The molecule has 0 heterocycles. The van der Waals surface area contributed by atoms with Crippen LogP contribution in [-0.4, -0.2) is 43.1 Å². The normalized spacial score (nSPS) is 11.3. The molecule has 0 fully saturated rings. The number of hydroxylamine groups is 2. The Balaban J connectivity index is 2.97. The van der Waals surface area contributed by atoms with Crippen molar-refractivity contribution < 1.29 is 14.7 Å². The average molecular weight is 293 g/mol. The summed E-state index contributed by atoms with van der Waals surface area (Å²) in [6.07, 6.45) is 0. The highest BCUT2D eigenvalue weighted by atomic mass is 35.5. The van der Waals surface area contributed by atoms with Crippen molar-refractivity contribution in [1.82, 2.24) is 4.65 Å². The molecule has 0 saturated heterocycles. The molecule has 0 atom stereocenters. The van der Waals surface area contributed by atoms with Crippen molar-refractivity contribution in [3.05, 3.63) is 29.8 Å². The molecule has 1 aromatic carbocycles. The molecule has 0 unspecified atom stereocenters. The molecule has 4 nitrogen and oxygen atoms in total. The number of methoxy groups -OCH3 is 1. The number of carbonyl (C=O) groups is 1. The van der Waals surface area contributed by atoms with E-state index in [2.05, 4.69) is 4.74 Å². The lowest BCUT2D eigenvalue weighted by Gasteiger charge is -2.28. The van der Waals surface area contributed by atoms with E-state index in [1.807, 2.05) is 0 Å². The van der Waals surface area contributed by atoms with Crippen LogP contribution >= 0.6 is 23.2 Å². The SMILES string of the molecule is COC(=O)c1ccc([N+](O)(CCCl)CCCl)cc1. The third-order valence-electron chi connectivity index (χ3n) is 2.68. The number of halogens is 2. The van der Waals surface area contributed by atoms with Gasteiger partial charge in [0.1, 0.15) is 13.1 Å². The van der Waals surface area contributed by atoms with Crippen molar-refractivity contribution in [2.24, 2.45) is 0 Å². The summed E-state index contributed by atoms with van der Waals surface area (Å²) >= 11 is 11.4. The first-order valence-electron chi connectivity index (χ1n) is 5.48. The number of esters is 1. The van der Waals surface area contributed by atoms with Gasteiger partial charge in [0.25, 0.3) is 0 Å². The van der Waals surface area contributed by atoms with Crippen LogP contribution in [0.3, 0.4) is 0 Å². The van der Waals surface area contributed by atoms with Gasteiger partial charge < -0.3 is 4.74 Å². The maximum Gasteiger partial charge on any atom is 0.337 e. The summed E-state index contributed by atoms with van der Waals surface area (Å²) in [6.45, 7) is 0.706. The third kappa shape index (κ3) is 3.59. The van der Waals surface area contributed by atoms with Gasteiger partial charge in [0.05, 0.1) is 24.4 Å². The number of quaternary nitrogens is 1. The van der Waals surface area contributed by atoms with E-state index in [9.17, 15) is 10.0 Å². The Labute approximate surface area is 116 Å². The van der Waals surface area contributed by atoms with Crippen LogP contribution in [0.1, 0.15) is 10.4 Å². The number of alkyl halides is 2. The van der Waals surface area contributed by atoms with E-state index in [0.29, 0.717) is 36.1 Å². The summed E-state index contributed by atoms with van der Waals surface area (Å²) in [5.41, 5.74) is 1.08. The van der Waals surface area contributed by atoms with Gasteiger partial charge in [-0.2, -0.15) is 0 Å². The monoisotopic (exact) mass is 292 g/mol. The summed E-state index contributed by atoms with van der Waals surface area (Å²) in [7, 11) is 1.32. The van der Waals surface area contributed by atoms with E-state index in [0.717, 1.165) is 0 Å². The first kappa shape index (κ1) is 15.2. The largest absolute Gasteiger partial charge is 0.465 e. The van der Waals surface area contributed by atoms with Gasteiger partial charge in [0.15, 0.2) is 5.69 Å². The number of ether oxygens (including phenoxy) is 1. The minimum absolute atomic E-state index is 0.312. The van der Waals surface area contributed by atoms with Crippen LogP contribution in [0.25, 0.3) is 0 Å². The van der Waals surface area contributed by atoms with E-state index in [1.165, 1.54) is 7.11 Å². The molecule has 0 bridgehead atoms. The number of nitrogens with zero attached hydrogens (tertiary/aromatic N) is 1. The highest BCUT2D eigenvalue weighted by Gasteiger charge is 2.27. The van der Waals surface area contributed by atoms with E-state index in [1.54, 1.807) is 24.3 Å². The molecular weight excluding hydrogens is 277 g/mol. The fraction of sp³-hybridized carbons (Fsp3) is 0.417. The number of carbonyl (C=O) groups excluding carboxylic acids is 1. The van der Waals surface area contributed by atoms with Crippen LogP contribution in [0.15, 0.2) is 24.3 Å². The minimum Gasteiger partial charge on any atom is -0.465 e. The highest BCUT2D eigenvalue weighted by molar-refractivity contribution is 6.18. The van der Waals surface area contributed by atoms with Gasteiger partial charge in [-0.3, -0.25) is 0 Å². The molecule has 0 aliphatic rings. The summed E-state index contributed by atoms with van der Waals surface area (Å²) < 4.78 is 4.27. The second-order valence-corrected chi connectivity index (χ2v) is 4.54. The van der Waals surface area contributed by atoms with Crippen LogP contribution in [0.5, 0.6) is 0 Å². The summed E-state index contributed by atoms with van der Waals surface area (Å²) in [5, 5.41) is 10.4.